The zero-order valence-electron chi connectivity index (χ0n) is 19.4. The first-order valence-electron chi connectivity index (χ1n) is 11.4. The summed E-state index contributed by atoms with van der Waals surface area (Å²) >= 11 is 0. The zero-order chi connectivity index (χ0) is 25.9. The molecule has 1 aliphatic carbocycles. The molecule has 7 nitrogen and oxygen atoms in total. The van der Waals surface area contributed by atoms with E-state index < -0.39 is 25.1 Å². The number of halogens is 5. The highest BCUT2D eigenvalue weighted by Crippen LogP contribution is 2.27. The summed E-state index contributed by atoms with van der Waals surface area (Å²) in [7, 11) is 1.39. The van der Waals surface area contributed by atoms with Gasteiger partial charge in [-0.05, 0) is 49.9 Å². The van der Waals surface area contributed by atoms with Crippen LogP contribution in [0, 0.1) is 0 Å². The van der Waals surface area contributed by atoms with Gasteiger partial charge in [-0.3, -0.25) is 9.20 Å². The van der Waals surface area contributed by atoms with E-state index in [-0.39, 0.29) is 29.0 Å². The van der Waals surface area contributed by atoms with Crippen LogP contribution in [-0.4, -0.2) is 47.2 Å². The van der Waals surface area contributed by atoms with Gasteiger partial charge in [0.05, 0.1) is 18.4 Å². The molecule has 3 aromatic rings. The van der Waals surface area contributed by atoms with Gasteiger partial charge in [0.15, 0.2) is 0 Å². The molecule has 4 rings (SSSR count). The van der Waals surface area contributed by atoms with Crippen LogP contribution in [0.5, 0.6) is 5.75 Å². The summed E-state index contributed by atoms with van der Waals surface area (Å²) in [6, 6.07) is 9.40. The number of imidazole rings is 1. The zero-order valence-corrected chi connectivity index (χ0v) is 19.4. The molecule has 1 amide bonds. The summed E-state index contributed by atoms with van der Waals surface area (Å²) in [4.78, 5) is 16.8. The van der Waals surface area contributed by atoms with Crippen molar-refractivity contribution >= 4 is 23.1 Å². The van der Waals surface area contributed by atoms with E-state index in [9.17, 15) is 26.7 Å². The molecule has 0 aliphatic heterocycles. The lowest BCUT2D eigenvalue weighted by Crippen LogP contribution is -2.40. The fourth-order valence-electron chi connectivity index (χ4n) is 4.30. The highest BCUT2D eigenvalue weighted by atomic mass is 19.4. The fourth-order valence-corrected chi connectivity index (χ4v) is 4.30. The summed E-state index contributed by atoms with van der Waals surface area (Å²) in [5, 5.41) is 8.56. The molecule has 194 valence electrons. The van der Waals surface area contributed by atoms with Crippen LogP contribution in [0.15, 0.2) is 42.6 Å². The largest absolute Gasteiger partial charge is 0.497 e. The molecule has 0 bridgehead atoms. The van der Waals surface area contributed by atoms with Crippen molar-refractivity contribution in [3.8, 4) is 5.75 Å². The Bertz CT molecular complexity index is 1210. The molecular formula is C24H26F5N5O2. The van der Waals surface area contributed by atoms with Crippen molar-refractivity contribution in [2.24, 2.45) is 0 Å². The third kappa shape index (κ3) is 6.16. The molecule has 1 aromatic carbocycles. The van der Waals surface area contributed by atoms with Crippen LogP contribution in [0.3, 0.4) is 0 Å². The Morgan fingerprint density at radius 1 is 1.14 bits per heavy atom. The fraction of sp³-hybridized carbons (Fsp3) is 0.417. The molecule has 0 spiro atoms. The molecule has 3 N–H and O–H groups in total. The molecule has 1 aliphatic rings. The second-order valence-corrected chi connectivity index (χ2v) is 8.65. The minimum absolute atomic E-state index is 0.0381. The number of amides is 1. The number of nitrogens with zero attached hydrogens (tertiary/aromatic N) is 2. The summed E-state index contributed by atoms with van der Waals surface area (Å²) in [5.74, 6) is 0.510. The Hall–Kier alpha value is -3.57. The Kier molecular flexibility index (Phi) is 7.51. The Labute approximate surface area is 204 Å². The van der Waals surface area contributed by atoms with Crippen LogP contribution in [-0.2, 0) is 0 Å². The quantitative estimate of drug-likeness (QED) is 0.353. The summed E-state index contributed by atoms with van der Waals surface area (Å²) in [6.07, 6.45) is -3.08. The lowest BCUT2D eigenvalue weighted by Gasteiger charge is -2.30. The number of carbonyl (C=O) groups excluding carboxylic acids is 1. The van der Waals surface area contributed by atoms with Crippen LogP contribution < -0.4 is 20.7 Å². The number of methoxy groups -OCH3 is 1. The molecule has 1 saturated carbocycles. The number of nitrogens with one attached hydrogen (secondary N) is 3. The van der Waals surface area contributed by atoms with E-state index in [0.717, 1.165) is 0 Å². The van der Waals surface area contributed by atoms with Crippen LogP contribution >= 0.6 is 0 Å². The van der Waals surface area contributed by atoms with Gasteiger partial charge in [0, 0.05) is 24.3 Å². The molecular weight excluding hydrogens is 485 g/mol. The average molecular weight is 511 g/mol. The first-order chi connectivity index (χ1) is 17.1. The van der Waals surface area contributed by atoms with Crippen molar-refractivity contribution in [1.82, 2.24) is 14.7 Å². The molecule has 1 fully saturated rings. The van der Waals surface area contributed by atoms with Gasteiger partial charge in [-0.2, -0.15) is 13.2 Å². The maximum absolute atomic E-state index is 13.0. The topological polar surface area (TPSA) is 79.7 Å². The van der Waals surface area contributed by atoms with E-state index in [1.807, 2.05) is 0 Å². The van der Waals surface area contributed by atoms with Crippen molar-refractivity contribution in [2.75, 3.05) is 24.3 Å². The van der Waals surface area contributed by atoms with Crippen LogP contribution in [0.2, 0.25) is 0 Å². The number of hydrogen-bond donors (Lipinski definition) is 3. The second-order valence-electron chi connectivity index (χ2n) is 8.65. The van der Waals surface area contributed by atoms with Gasteiger partial charge in [-0.25, -0.2) is 13.8 Å². The molecule has 0 saturated heterocycles. The predicted octanol–water partition coefficient (Wildman–Crippen LogP) is 5.41. The molecule has 2 heterocycles. The molecule has 0 atom stereocenters. The summed E-state index contributed by atoms with van der Waals surface area (Å²) in [6.45, 7) is -1.28. The van der Waals surface area contributed by atoms with Crippen molar-refractivity contribution in [3.63, 3.8) is 0 Å². The molecule has 2 aromatic heterocycles. The third-order valence-corrected chi connectivity index (χ3v) is 6.10. The van der Waals surface area contributed by atoms with E-state index >= 15 is 0 Å². The Balaban J connectivity index is 1.36. The number of ether oxygens (including phenoxy) is 1. The smallest absolute Gasteiger partial charge is 0.405 e. The Morgan fingerprint density at radius 2 is 1.86 bits per heavy atom. The maximum Gasteiger partial charge on any atom is 0.405 e. The minimum atomic E-state index is -4.44. The monoisotopic (exact) mass is 511 g/mol. The van der Waals surface area contributed by atoms with Crippen molar-refractivity contribution in [3.05, 3.63) is 53.9 Å². The molecule has 12 heteroatoms. The number of carbonyl (C=O) groups is 1. The average Bonchev–Trinajstić information content (AvgIpc) is 3.29. The van der Waals surface area contributed by atoms with Gasteiger partial charge in [0.1, 0.15) is 29.5 Å². The molecule has 0 unspecified atom stereocenters. The van der Waals surface area contributed by atoms with E-state index in [1.165, 1.54) is 31.5 Å². The van der Waals surface area contributed by atoms with E-state index in [4.69, 9.17) is 4.74 Å². The SMILES string of the molecule is COc1ccc(C(=O)NC2CCC(Nc3cccc4nc(C(F)F)cn34)CC2)c(NCC(F)(F)F)c1. The first kappa shape index (κ1) is 25.5. The predicted molar refractivity (Wildman–Crippen MR) is 125 cm³/mol. The van der Waals surface area contributed by atoms with Crippen molar-refractivity contribution < 1.29 is 31.5 Å². The van der Waals surface area contributed by atoms with Gasteiger partial charge < -0.3 is 20.7 Å². The van der Waals surface area contributed by atoms with Crippen LogP contribution in [0.25, 0.3) is 5.65 Å². The van der Waals surface area contributed by atoms with E-state index in [2.05, 4.69) is 20.9 Å². The number of rotatable bonds is 8. The van der Waals surface area contributed by atoms with Gasteiger partial charge in [-0.1, -0.05) is 6.07 Å². The lowest BCUT2D eigenvalue weighted by atomic mass is 9.91. The number of alkyl halides is 5. The molecule has 36 heavy (non-hydrogen) atoms. The van der Waals surface area contributed by atoms with Crippen molar-refractivity contribution in [1.29, 1.82) is 0 Å². The van der Waals surface area contributed by atoms with Gasteiger partial charge in [0.2, 0.25) is 0 Å². The third-order valence-electron chi connectivity index (χ3n) is 6.10. The molecule has 0 radical (unpaired) electrons. The maximum atomic E-state index is 13.0. The van der Waals surface area contributed by atoms with Gasteiger partial charge >= 0.3 is 6.18 Å². The number of hydrogen-bond acceptors (Lipinski definition) is 5. The second kappa shape index (κ2) is 10.6. The van der Waals surface area contributed by atoms with Gasteiger partial charge in [0.25, 0.3) is 12.3 Å². The number of pyridine rings is 1. The lowest BCUT2D eigenvalue weighted by molar-refractivity contribution is -0.115. The highest BCUT2D eigenvalue weighted by molar-refractivity contribution is 6.00. The minimum Gasteiger partial charge on any atom is -0.497 e. The number of anilines is 2. The van der Waals surface area contributed by atoms with E-state index in [1.54, 1.807) is 22.6 Å². The van der Waals surface area contributed by atoms with Crippen LogP contribution in [0.1, 0.15) is 48.2 Å². The highest BCUT2D eigenvalue weighted by Gasteiger charge is 2.28. The van der Waals surface area contributed by atoms with E-state index in [0.29, 0.717) is 42.9 Å². The van der Waals surface area contributed by atoms with Crippen LogP contribution in [0.4, 0.5) is 33.5 Å². The van der Waals surface area contributed by atoms with Gasteiger partial charge in [-0.15, -0.1) is 0 Å². The standard InChI is InChI=1S/C24H26F5N5O2/c1-36-16-9-10-17(18(11-16)30-13-24(27,28)29)23(35)32-15-7-5-14(6-8-15)31-20-3-2-4-21-33-19(22(25)26)12-34(20)21/h2-4,9-12,14-15,22,30-31H,5-8,13H2,1H3,(H,32,35). The normalized spacial score (nSPS) is 18.3. The van der Waals surface area contributed by atoms with Crippen molar-refractivity contribution in [2.45, 2.75) is 50.4 Å². The first-order valence-corrected chi connectivity index (χ1v) is 11.4. The number of aromatic nitrogens is 2. The summed E-state index contributed by atoms with van der Waals surface area (Å²) in [5.41, 5.74) is 0.266. The Morgan fingerprint density at radius 3 is 2.53 bits per heavy atom. The number of fused-ring (bicyclic) bond motifs is 1. The summed E-state index contributed by atoms with van der Waals surface area (Å²) < 4.78 is 70.8. The number of benzene rings is 1.